The Balaban J connectivity index is 2.42. The maximum atomic E-state index is 5.78. The van der Waals surface area contributed by atoms with Crippen LogP contribution in [0.3, 0.4) is 0 Å². The molecular weight excluding hydrogens is 210 g/mol. The molecule has 0 saturated heterocycles. The van der Waals surface area contributed by atoms with Crippen LogP contribution in [-0.4, -0.2) is 9.97 Å². The largest absolute Gasteiger partial charge is 0.384 e. The predicted molar refractivity (Wildman–Crippen MR) is 69.8 cm³/mol. The van der Waals surface area contributed by atoms with E-state index in [0.717, 1.165) is 17.9 Å². The molecule has 1 aromatic carbocycles. The Morgan fingerprint density at radius 2 is 1.88 bits per heavy atom. The fourth-order valence-corrected chi connectivity index (χ4v) is 2.09. The zero-order valence-electron chi connectivity index (χ0n) is 10.2. The maximum Gasteiger partial charge on any atom is 0.127 e. The zero-order valence-corrected chi connectivity index (χ0v) is 10.2. The van der Waals surface area contributed by atoms with Crippen LogP contribution >= 0.6 is 0 Å². The van der Waals surface area contributed by atoms with Crippen molar-refractivity contribution >= 4 is 5.82 Å². The van der Waals surface area contributed by atoms with Gasteiger partial charge in [0.1, 0.15) is 11.6 Å². The summed E-state index contributed by atoms with van der Waals surface area (Å²) in [5.41, 5.74) is 8.05. The lowest BCUT2D eigenvalue weighted by Gasteiger charge is -2.15. The molecule has 0 saturated carbocycles. The SMILES string of the molecule is CC[C@H](c1ccccc1)c1cc(N)nc(C)n1. The van der Waals surface area contributed by atoms with Gasteiger partial charge in [-0.25, -0.2) is 9.97 Å². The van der Waals surface area contributed by atoms with Crippen LogP contribution in [0.2, 0.25) is 0 Å². The molecule has 1 heterocycles. The molecule has 0 aliphatic rings. The Kier molecular flexibility index (Phi) is 3.38. The minimum absolute atomic E-state index is 0.292. The molecule has 0 bridgehead atoms. The van der Waals surface area contributed by atoms with E-state index in [4.69, 9.17) is 5.73 Å². The predicted octanol–water partition coefficient (Wildman–Crippen LogP) is 2.91. The van der Waals surface area contributed by atoms with Gasteiger partial charge < -0.3 is 5.73 Å². The second-order valence-electron chi connectivity index (χ2n) is 4.14. The van der Waals surface area contributed by atoms with Crippen molar-refractivity contribution in [3.8, 4) is 0 Å². The molecule has 0 aliphatic heterocycles. The van der Waals surface area contributed by atoms with Crippen LogP contribution in [0, 0.1) is 6.92 Å². The summed E-state index contributed by atoms with van der Waals surface area (Å²) in [6.45, 7) is 4.03. The minimum Gasteiger partial charge on any atom is -0.384 e. The molecule has 0 fully saturated rings. The van der Waals surface area contributed by atoms with Gasteiger partial charge in [0.15, 0.2) is 0 Å². The Bertz CT molecular complexity index is 474. The number of benzene rings is 1. The molecule has 0 spiro atoms. The van der Waals surface area contributed by atoms with Crippen LogP contribution in [0.4, 0.5) is 5.82 Å². The molecule has 0 unspecified atom stereocenters. The number of aryl methyl sites for hydroxylation is 1. The van der Waals surface area contributed by atoms with Gasteiger partial charge in [-0.05, 0) is 18.9 Å². The number of anilines is 1. The Hall–Kier alpha value is -1.90. The smallest absolute Gasteiger partial charge is 0.127 e. The third-order valence-electron chi connectivity index (χ3n) is 2.84. The van der Waals surface area contributed by atoms with Gasteiger partial charge in [0, 0.05) is 12.0 Å². The highest BCUT2D eigenvalue weighted by Crippen LogP contribution is 2.26. The molecular formula is C14H17N3. The molecule has 17 heavy (non-hydrogen) atoms. The third kappa shape index (κ3) is 2.61. The van der Waals surface area contributed by atoms with Crippen LogP contribution < -0.4 is 5.73 Å². The summed E-state index contributed by atoms with van der Waals surface area (Å²) in [7, 11) is 0. The summed E-state index contributed by atoms with van der Waals surface area (Å²) >= 11 is 0. The van der Waals surface area contributed by atoms with E-state index in [0.29, 0.717) is 11.7 Å². The van der Waals surface area contributed by atoms with Crippen molar-refractivity contribution in [3.63, 3.8) is 0 Å². The topological polar surface area (TPSA) is 51.8 Å². The first-order valence-electron chi connectivity index (χ1n) is 5.86. The average molecular weight is 227 g/mol. The van der Waals surface area contributed by atoms with Gasteiger partial charge >= 0.3 is 0 Å². The fourth-order valence-electron chi connectivity index (χ4n) is 2.09. The standard InChI is InChI=1S/C14H17N3/c1-3-12(11-7-5-4-6-8-11)13-9-14(15)17-10(2)16-13/h4-9,12H,3H2,1-2H3,(H2,15,16,17)/t12-/m1/s1. The van der Waals surface area contributed by atoms with Gasteiger partial charge in [-0.1, -0.05) is 37.3 Å². The number of nitrogen functional groups attached to an aromatic ring is 1. The number of nitrogens with two attached hydrogens (primary N) is 1. The van der Waals surface area contributed by atoms with E-state index >= 15 is 0 Å². The number of rotatable bonds is 3. The highest BCUT2D eigenvalue weighted by Gasteiger charge is 2.14. The molecule has 0 radical (unpaired) electrons. The molecule has 2 aromatic rings. The van der Waals surface area contributed by atoms with Crippen molar-refractivity contribution in [3.05, 3.63) is 53.5 Å². The van der Waals surface area contributed by atoms with Gasteiger partial charge in [0.2, 0.25) is 0 Å². The molecule has 88 valence electrons. The van der Waals surface area contributed by atoms with E-state index in [1.807, 2.05) is 19.1 Å². The van der Waals surface area contributed by atoms with Gasteiger partial charge in [-0.15, -0.1) is 0 Å². The first-order valence-corrected chi connectivity index (χ1v) is 5.86. The van der Waals surface area contributed by atoms with Crippen molar-refractivity contribution in [2.45, 2.75) is 26.2 Å². The Morgan fingerprint density at radius 1 is 1.18 bits per heavy atom. The summed E-state index contributed by atoms with van der Waals surface area (Å²) in [4.78, 5) is 8.60. The van der Waals surface area contributed by atoms with E-state index in [1.54, 1.807) is 0 Å². The lowest BCUT2D eigenvalue weighted by atomic mass is 9.93. The molecule has 0 aliphatic carbocycles. The van der Waals surface area contributed by atoms with Crippen molar-refractivity contribution < 1.29 is 0 Å². The van der Waals surface area contributed by atoms with Gasteiger partial charge in [-0.2, -0.15) is 0 Å². The fraction of sp³-hybridized carbons (Fsp3) is 0.286. The van der Waals surface area contributed by atoms with Gasteiger partial charge in [0.25, 0.3) is 0 Å². The van der Waals surface area contributed by atoms with Crippen LogP contribution in [-0.2, 0) is 0 Å². The molecule has 3 heteroatoms. The van der Waals surface area contributed by atoms with Crippen molar-refractivity contribution in [2.75, 3.05) is 5.73 Å². The quantitative estimate of drug-likeness (QED) is 0.877. The van der Waals surface area contributed by atoms with E-state index in [-0.39, 0.29) is 0 Å². The lowest BCUT2D eigenvalue weighted by molar-refractivity contribution is 0.739. The average Bonchev–Trinajstić information content (AvgIpc) is 2.30. The molecule has 2 rings (SSSR count). The summed E-state index contributed by atoms with van der Waals surface area (Å²) < 4.78 is 0. The summed E-state index contributed by atoms with van der Waals surface area (Å²) in [5, 5.41) is 0. The maximum absolute atomic E-state index is 5.78. The third-order valence-corrected chi connectivity index (χ3v) is 2.84. The second-order valence-corrected chi connectivity index (χ2v) is 4.14. The number of hydrogen-bond acceptors (Lipinski definition) is 3. The Labute approximate surface area is 102 Å². The summed E-state index contributed by atoms with van der Waals surface area (Å²) in [6.07, 6.45) is 1.000. The van der Waals surface area contributed by atoms with Crippen LogP contribution in [0.25, 0.3) is 0 Å². The number of nitrogens with zero attached hydrogens (tertiary/aromatic N) is 2. The molecule has 0 amide bonds. The van der Waals surface area contributed by atoms with Crippen LogP contribution in [0.15, 0.2) is 36.4 Å². The number of aromatic nitrogens is 2. The first kappa shape index (κ1) is 11.6. The van der Waals surface area contributed by atoms with E-state index in [1.165, 1.54) is 5.56 Å². The van der Waals surface area contributed by atoms with Crippen molar-refractivity contribution in [1.82, 2.24) is 9.97 Å². The van der Waals surface area contributed by atoms with Gasteiger partial charge in [-0.3, -0.25) is 0 Å². The molecule has 3 nitrogen and oxygen atoms in total. The molecule has 1 atom stereocenters. The monoisotopic (exact) mass is 227 g/mol. The van der Waals surface area contributed by atoms with Crippen molar-refractivity contribution in [1.29, 1.82) is 0 Å². The van der Waals surface area contributed by atoms with E-state index in [2.05, 4.69) is 41.2 Å². The Morgan fingerprint density at radius 3 is 2.47 bits per heavy atom. The van der Waals surface area contributed by atoms with Crippen LogP contribution in [0.1, 0.15) is 36.3 Å². The zero-order chi connectivity index (χ0) is 12.3. The lowest BCUT2D eigenvalue weighted by Crippen LogP contribution is -2.06. The first-order chi connectivity index (χ1) is 8.20. The minimum atomic E-state index is 0.292. The van der Waals surface area contributed by atoms with Crippen molar-refractivity contribution in [2.24, 2.45) is 0 Å². The summed E-state index contributed by atoms with van der Waals surface area (Å²) in [5.74, 6) is 1.57. The highest BCUT2D eigenvalue weighted by atomic mass is 14.9. The van der Waals surface area contributed by atoms with E-state index < -0.39 is 0 Å². The van der Waals surface area contributed by atoms with Gasteiger partial charge in [0.05, 0.1) is 5.69 Å². The molecule has 1 aromatic heterocycles. The van der Waals surface area contributed by atoms with Crippen LogP contribution in [0.5, 0.6) is 0 Å². The highest BCUT2D eigenvalue weighted by molar-refractivity contribution is 5.36. The van der Waals surface area contributed by atoms with E-state index in [9.17, 15) is 0 Å². The summed E-state index contributed by atoms with van der Waals surface area (Å²) in [6, 6.07) is 12.2. The normalized spacial score (nSPS) is 12.4. The second kappa shape index (κ2) is 4.95. The molecule has 2 N–H and O–H groups in total. The number of hydrogen-bond donors (Lipinski definition) is 1.